The number of aliphatic imine (C=N–C) groups is 1. The van der Waals surface area contributed by atoms with Crippen molar-refractivity contribution in [2.45, 2.75) is 0 Å². The van der Waals surface area contributed by atoms with E-state index in [1.54, 1.807) is 11.1 Å². The molecule has 5 heteroatoms. The van der Waals surface area contributed by atoms with Crippen LogP contribution in [0.2, 0.25) is 0 Å². The van der Waals surface area contributed by atoms with E-state index in [1.165, 1.54) is 0 Å². The number of benzene rings is 1. The van der Waals surface area contributed by atoms with Crippen molar-refractivity contribution in [3.8, 4) is 0 Å². The number of fused-ring (bicyclic) bond motifs is 1. The zero-order valence-corrected chi connectivity index (χ0v) is 7.54. The number of aromatic nitrogens is 3. The van der Waals surface area contributed by atoms with Crippen LogP contribution in [0.1, 0.15) is 0 Å². The lowest BCUT2D eigenvalue weighted by atomic mass is 10.3. The lowest BCUT2D eigenvalue weighted by molar-refractivity contribution is 0.649. The van der Waals surface area contributed by atoms with Crippen molar-refractivity contribution in [1.82, 2.24) is 15.1 Å². The van der Waals surface area contributed by atoms with Crippen molar-refractivity contribution in [3.05, 3.63) is 24.3 Å². The highest BCUT2D eigenvalue weighted by molar-refractivity contribution is 5.78. The molecule has 2 aromatic rings. The summed E-state index contributed by atoms with van der Waals surface area (Å²) in [4.78, 5) is 5.92. The van der Waals surface area contributed by atoms with E-state index >= 15 is 0 Å². The van der Waals surface area contributed by atoms with E-state index in [9.17, 15) is 0 Å². The Morgan fingerprint density at radius 2 is 2.14 bits per heavy atom. The highest BCUT2D eigenvalue weighted by atomic mass is 15.7. The van der Waals surface area contributed by atoms with Gasteiger partial charge in [0.2, 0.25) is 0 Å². The molecule has 0 radical (unpaired) electrons. The van der Waals surface area contributed by atoms with Crippen molar-refractivity contribution in [2.24, 2.45) is 4.99 Å². The molecule has 2 heterocycles. The van der Waals surface area contributed by atoms with Crippen LogP contribution in [0.5, 0.6) is 0 Å². The van der Waals surface area contributed by atoms with Gasteiger partial charge in [-0.1, -0.05) is 12.1 Å². The maximum Gasteiger partial charge on any atom is 0.115 e. The molecule has 14 heavy (non-hydrogen) atoms. The second-order valence-electron chi connectivity index (χ2n) is 3.15. The minimum absolute atomic E-state index is 0.828. The maximum absolute atomic E-state index is 4.14. The third-order valence-corrected chi connectivity index (χ3v) is 2.25. The molecule has 0 saturated heterocycles. The van der Waals surface area contributed by atoms with Crippen LogP contribution >= 0.6 is 0 Å². The molecule has 0 spiro atoms. The minimum atomic E-state index is 0.828. The summed E-state index contributed by atoms with van der Waals surface area (Å²) in [6, 6.07) is 7.89. The average Bonchev–Trinajstić information content (AvgIpc) is 2.85. The SMILES string of the molecule is C1=NCCN1n1nnc2ccccc21. The van der Waals surface area contributed by atoms with Gasteiger partial charge >= 0.3 is 0 Å². The summed E-state index contributed by atoms with van der Waals surface area (Å²) >= 11 is 0. The van der Waals surface area contributed by atoms with Crippen LogP contribution < -0.4 is 5.01 Å². The smallest absolute Gasteiger partial charge is 0.115 e. The van der Waals surface area contributed by atoms with Gasteiger partial charge in [-0.2, -0.15) is 0 Å². The summed E-state index contributed by atoms with van der Waals surface area (Å²) in [5, 5.41) is 10.1. The highest BCUT2D eigenvalue weighted by Gasteiger charge is 2.11. The molecule has 0 N–H and O–H groups in total. The van der Waals surface area contributed by atoms with Gasteiger partial charge in [-0.05, 0) is 17.3 Å². The Bertz CT molecular complexity index is 487. The van der Waals surface area contributed by atoms with E-state index < -0.39 is 0 Å². The van der Waals surface area contributed by atoms with Crippen LogP contribution in [0.15, 0.2) is 29.3 Å². The molecule has 0 fully saturated rings. The van der Waals surface area contributed by atoms with Gasteiger partial charge in [-0.15, -0.1) is 9.89 Å². The number of nitrogens with zero attached hydrogens (tertiary/aromatic N) is 5. The summed E-state index contributed by atoms with van der Waals surface area (Å²) in [6.07, 6.45) is 1.79. The largest absolute Gasteiger partial charge is 0.272 e. The molecule has 1 aromatic heterocycles. The normalized spacial score (nSPS) is 15.6. The van der Waals surface area contributed by atoms with Gasteiger partial charge in [0.15, 0.2) is 0 Å². The van der Waals surface area contributed by atoms with Crippen molar-refractivity contribution >= 4 is 17.4 Å². The Hall–Kier alpha value is -1.91. The first-order valence-electron chi connectivity index (χ1n) is 4.52. The van der Waals surface area contributed by atoms with Gasteiger partial charge in [0.25, 0.3) is 0 Å². The zero-order valence-electron chi connectivity index (χ0n) is 7.54. The van der Waals surface area contributed by atoms with Crippen LogP contribution in [-0.4, -0.2) is 34.5 Å². The third-order valence-electron chi connectivity index (χ3n) is 2.25. The van der Waals surface area contributed by atoms with E-state index in [0.717, 1.165) is 24.1 Å². The Balaban J connectivity index is 2.16. The molecule has 1 aromatic carbocycles. The second-order valence-corrected chi connectivity index (χ2v) is 3.15. The predicted octanol–water partition coefficient (Wildman–Crippen LogP) is 0.411. The lowest BCUT2D eigenvalue weighted by Gasteiger charge is -2.12. The molecule has 70 valence electrons. The van der Waals surface area contributed by atoms with Gasteiger partial charge in [0.05, 0.1) is 13.1 Å². The number of para-hydroxylation sites is 1. The van der Waals surface area contributed by atoms with E-state index in [4.69, 9.17) is 0 Å². The fourth-order valence-corrected chi connectivity index (χ4v) is 1.56. The molecule has 3 rings (SSSR count). The van der Waals surface area contributed by atoms with Crippen molar-refractivity contribution in [3.63, 3.8) is 0 Å². The minimum Gasteiger partial charge on any atom is -0.272 e. The van der Waals surface area contributed by atoms with Crippen molar-refractivity contribution in [2.75, 3.05) is 18.1 Å². The first-order valence-corrected chi connectivity index (χ1v) is 4.52. The second kappa shape index (κ2) is 2.80. The third kappa shape index (κ3) is 0.985. The molecule has 0 amide bonds. The standard InChI is InChI=1S/C9H9N5/c1-2-4-9-8(3-1)11-12-14(9)13-6-5-10-7-13/h1-4,7H,5-6H2. The Morgan fingerprint density at radius 1 is 1.21 bits per heavy atom. The van der Waals surface area contributed by atoms with Gasteiger partial charge in [0, 0.05) is 0 Å². The molecule has 0 bridgehead atoms. The molecular weight excluding hydrogens is 178 g/mol. The lowest BCUT2D eigenvalue weighted by Crippen LogP contribution is -2.32. The highest BCUT2D eigenvalue weighted by Crippen LogP contribution is 2.10. The summed E-state index contributed by atoms with van der Waals surface area (Å²) in [5.41, 5.74) is 1.92. The van der Waals surface area contributed by atoms with Crippen molar-refractivity contribution in [1.29, 1.82) is 0 Å². The van der Waals surface area contributed by atoms with Crippen LogP contribution in [0.25, 0.3) is 11.0 Å². The van der Waals surface area contributed by atoms with E-state index in [-0.39, 0.29) is 0 Å². The molecule has 1 aliphatic rings. The maximum atomic E-state index is 4.14. The van der Waals surface area contributed by atoms with E-state index in [0.29, 0.717) is 0 Å². The van der Waals surface area contributed by atoms with E-state index in [2.05, 4.69) is 15.3 Å². The fraction of sp³-hybridized carbons (Fsp3) is 0.222. The quantitative estimate of drug-likeness (QED) is 0.649. The molecule has 0 atom stereocenters. The van der Waals surface area contributed by atoms with Crippen LogP contribution in [0.3, 0.4) is 0 Å². The summed E-state index contributed by atoms with van der Waals surface area (Å²) in [5.74, 6) is 0. The molecule has 0 aliphatic carbocycles. The monoisotopic (exact) mass is 187 g/mol. The topological polar surface area (TPSA) is 46.3 Å². The van der Waals surface area contributed by atoms with Crippen LogP contribution in [0, 0.1) is 0 Å². The molecule has 0 unspecified atom stereocenters. The summed E-state index contributed by atoms with van der Waals surface area (Å²) in [6.45, 7) is 1.70. The van der Waals surface area contributed by atoms with E-state index in [1.807, 2.05) is 29.3 Å². The molecule has 5 nitrogen and oxygen atoms in total. The summed E-state index contributed by atoms with van der Waals surface area (Å²) in [7, 11) is 0. The van der Waals surface area contributed by atoms with Crippen LogP contribution in [0.4, 0.5) is 0 Å². The predicted molar refractivity (Wildman–Crippen MR) is 54.0 cm³/mol. The van der Waals surface area contributed by atoms with Gasteiger partial charge in [0.1, 0.15) is 17.4 Å². The number of rotatable bonds is 1. The summed E-state index contributed by atoms with van der Waals surface area (Å²) < 4.78 is 0. The fourth-order valence-electron chi connectivity index (χ4n) is 1.56. The zero-order chi connectivity index (χ0) is 9.38. The van der Waals surface area contributed by atoms with Crippen LogP contribution in [-0.2, 0) is 0 Å². The average molecular weight is 187 g/mol. The Labute approximate surface area is 80.6 Å². The van der Waals surface area contributed by atoms with Gasteiger partial charge in [-0.3, -0.25) is 10.0 Å². The Kier molecular flexibility index (Phi) is 1.50. The Morgan fingerprint density at radius 3 is 3.00 bits per heavy atom. The number of hydrogen-bond donors (Lipinski definition) is 0. The number of hydrogen-bond acceptors (Lipinski definition) is 4. The molecular formula is C9H9N5. The van der Waals surface area contributed by atoms with Crippen molar-refractivity contribution < 1.29 is 0 Å². The van der Waals surface area contributed by atoms with Gasteiger partial charge < -0.3 is 0 Å². The molecule has 0 saturated carbocycles. The first kappa shape index (κ1) is 7.49. The first-order chi connectivity index (χ1) is 6.95. The van der Waals surface area contributed by atoms with Gasteiger partial charge in [-0.25, -0.2) is 0 Å². The molecule has 1 aliphatic heterocycles.